The van der Waals surface area contributed by atoms with Gasteiger partial charge >= 0.3 is 0 Å². The van der Waals surface area contributed by atoms with Crippen molar-refractivity contribution < 1.29 is 5.11 Å². The Bertz CT molecular complexity index is 752. The van der Waals surface area contributed by atoms with E-state index in [1.165, 1.54) is 0 Å². The van der Waals surface area contributed by atoms with E-state index in [-0.39, 0.29) is 6.61 Å². The minimum absolute atomic E-state index is 0.152. The predicted octanol–water partition coefficient (Wildman–Crippen LogP) is 2.75. The number of benzene rings is 2. The quantitative estimate of drug-likeness (QED) is 0.706. The fourth-order valence-corrected chi connectivity index (χ4v) is 2.34. The smallest absolute Gasteiger partial charge is 0.140 e. The summed E-state index contributed by atoms with van der Waals surface area (Å²) in [5.74, 6) is 0.558. The number of aliphatic hydroxyl groups is 1. The molecule has 3 rings (SSSR count). The Labute approximate surface area is 115 Å². The average Bonchev–Trinajstić information content (AvgIpc) is 2.76. The van der Waals surface area contributed by atoms with Crippen LogP contribution in [0, 0.1) is 0 Å². The summed E-state index contributed by atoms with van der Waals surface area (Å²) < 4.78 is 1.88. The van der Waals surface area contributed by atoms with Gasteiger partial charge < -0.3 is 10.8 Å². The van der Waals surface area contributed by atoms with Crippen LogP contribution in [-0.4, -0.2) is 14.7 Å². The molecule has 0 aliphatic rings. The van der Waals surface area contributed by atoms with E-state index >= 15 is 0 Å². The molecule has 5 heteroatoms. The summed E-state index contributed by atoms with van der Waals surface area (Å²) in [7, 11) is 0. The van der Waals surface area contributed by atoms with Gasteiger partial charge in [0, 0.05) is 16.4 Å². The number of nitrogens with two attached hydrogens (primary N) is 1. The molecule has 0 atom stereocenters. The molecule has 3 N–H and O–H groups in total. The lowest BCUT2D eigenvalue weighted by Crippen LogP contribution is -2.00. The Kier molecular flexibility index (Phi) is 2.89. The van der Waals surface area contributed by atoms with E-state index < -0.39 is 0 Å². The number of anilines is 1. The van der Waals surface area contributed by atoms with Crippen molar-refractivity contribution in [1.29, 1.82) is 0 Å². The molecule has 0 amide bonds. The second-order valence-corrected chi connectivity index (χ2v) is 4.69. The van der Waals surface area contributed by atoms with Crippen molar-refractivity contribution in [3.05, 3.63) is 53.3 Å². The van der Waals surface area contributed by atoms with Gasteiger partial charge in [-0.3, -0.25) is 4.57 Å². The Morgan fingerprint density at radius 2 is 2.05 bits per heavy atom. The van der Waals surface area contributed by atoms with Gasteiger partial charge in [-0.25, -0.2) is 4.98 Å². The van der Waals surface area contributed by atoms with Gasteiger partial charge in [0.05, 0.1) is 11.0 Å². The summed E-state index contributed by atoms with van der Waals surface area (Å²) in [6.45, 7) is -0.152. The van der Waals surface area contributed by atoms with Crippen LogP contribution in [0.5, 0.6) is 0 Å². The van der Waals surface area contributed by atoms with Gasteiger partial charge in [0.15, 0.2) is 0 Å². The van der Waals surface area contributed by atoms with E-state index in [4.69, 9.17) is 17.3 Å². The second kappa shape index (κ2) is 4.57. The first-order chi connectivity index (χ1) is 9.19. The Hall–Kier alpha value is -2.04. The molecule has 0 radical (unpaired) electrons. The molecule has 0 saturated heterocycles. The van der Waals surface area contributed by atoms with E-state index in [0.717, 1.165) is 16.7 Å². The third kappa shape index (κ3) is 2.05. The number of hydrogen-bond acceptors (Lipinski definition) is 3. The van der Waals surface area contributed by atoms with E-state index in [1.807, 2.05) is 34.9 Å². The first-order valence-electron chi connectivity index (χ1n) is 5.82. The van der Waals surface area contributed by atoms with Crippen LogP contribution in [0.1, 0.15) is 5.82 Å². The standard InChI is InChI=1S/C14H12ClN3O/c15-9-2-1-3-11(6-9)18-13-5-4-10(16)7-12(13)17-14(18)8-19/h1-7,19H,8,16H2. The molecule has 0 saturated carbocycles. The highest BCUT2D eigenvalue weighted by Gasteiger charge is 2.12. The van der Waals surface area contributed by atoms with Crippen LogP contribution < -0.4 is 5.73 Å². The molecule has 3 aromatic rings. The first kappa shape index (κ1) is 12.0. The number of aromatic nitrogens is 2. The number of hydrogen-bond donors (Lipinski definition) is 2. The minimum Gasteiger partial charge on any atom is -0.399 e. The second-order valence-electron chi connectivity index (χ2n) is 4.25. The van der Waals surface area contributed by atoms with Crippen LogP contribution >= 0.6 is 11.6 Å². The summed E-state index contributed by atoms with van der Waals surface area (Å²) in [6.07, 6.45) is 0. The van der Waals surface area contributed by atoms with Gasteiger partial charge in [0.25, 0.3) is 0 Å². The number of imidazole rings is 1. The molecule has 0 spiro atoms. The molecule has 2 aromatic carbocycles. The highest BCUT2D eigenvalue weighted by atomic mass is 35.5. The maximum atomic E-state index is 9.47. The predicted molar refractivity (Wildman–Crippen MR) is 76.4 cm³/mol. The summed E-state index contributed by atoms with van der Waals surface area (Å²) in [6, 6.07) is 12.9. The molecule has 4 nitrogen and oxygen atoms in total. The molecule has 0 aliphatic heterocycles. The van der Waals surface area contributed by atoms with Crippen molar-refractivity contribution in [3.8, 4) is 5.69 Å². The zero-order valence-electron chi connectivity index (χ0n) is 10.0. The van der Waals surface area contributed by atoms with Gasteiger partial charge in [0.1, 0.15) is 12.4 Å². The van der Waals surface area contributed by atoms with E-state index in [1.54, 1.807) is 12.1 Å². The average molecular weight is 274 g/mol. The van der Waals surface area contributed by atoms with Crippen molar-refractivity contribution in [2.24, 2.45) is 0 Å². The number of aliphatic hydroxyl groups excluding tert-OH is 1. The van der Waals surface area contributed by atoms with E-state index in [0.29, 0.717) is 16.5 Å². The molecule has 1 heterocycles. The maximum absolute atomic E-state index is 9.47. The van der Waals surface area contributed by atoms with Gasteiger partial charge in [0.2, 0.25) is 0 Å². The first-order valence-corrected chi connectivity index (χ1v) is 6.20. The molecule has 0 unspecified atom stereocenters. The SMILES string of the molecule is Nc1ccc2c(c1)nc(CO)n2-c1cccc(Cl)c1. The zero-order chi connectivity index (χ0) is 13.4. The molecule has 96 valence electrons. The topological polar surface area (TPSA) is 64.1 Å². The molecular weight excluding hydrogens is 262 g/mol. The summed E-state index contributed by atoms with van der Waals surface area (Å²) in [5, 5.41) is 10.1. The highest BCUT2D eigenvalue weighted by molar-refractivity contribution is 6.30. The van der Waals surface area contributed by atoms with E-state index in [9.17, 15) is 5.11 Å². The Balaban J connectivity index is 2.32. The van der Waals surface area contributed by atoms with Crippen molar-refractivity contribution in [3.63, 3.8) is 0 Å². The zero-order valence-corrected chi connectivity index (χ0v) is 10.8. The Morgan fingerprint density at radius 1 is 1.21 bits per heavy atom. The van der Waals surface area contributed by atoms with Gasteiger partial charge in [-0.15, -0.1) is 0 Å². The van der Waals surface area contributed by atoms with Crippen LogP contribution in [0.25, 0.3) is 16.7 Å². The molecule has 0 aliphatic carbocycles. The largest absolute Gasteiger partial charge is 0.399 e. The molecule has 1 aromatic heterocycles. The normalized spacial score (nSPS) is 11.1. The highest BCUT2D eigenvalue weighted by Crippen LogP contribution is 2.25. The van der Waals surface area contributed by atoms with Crippen molar-refractivity contribution >= 4 is 28.3 Å². The summed E-state index contributed by atoms with van der Waals surface area (Å²) in [5.41, 5.74) is 8.91. The Morgan fingerprint density at radius 3 is 2.79 bits per heavy atom. The number of nitrogens with zero attached hydrogens (tertiary/aromatic N) is 2. The monoisotopic (exact) mass is 273 g/mol. The molecular formula is C14H12ClN3O. The fraction of sp³-hybridized carbons (Fsp3) is 0.0714. The number of halogens is 1. The van der Waals surface area contributed by atoms with Crippen LogP contribution in [0.2, 0.25) is 5.02 Å². The lowest BCUT2D eigenvalue weighted by atomic mass is 10.2. The minimum atomic E-state index is -0.152. The number of nitrogen functional groups attached to an aromatic ring is 1. The van der Waals surface area contributed by atoms with E-state index in [2.05, 4.69) is 4.98 Å². The van der Waals surface area contributed by atoms with Gasteiger partial charge in [-0.05, 0) is 36.4 Å². The van der Waals surface area contributed by atoms with Crippen molar-refractivity contribution in [2.45, 2.75) is 6.61 Å². The van der Waals surface area contributed by atoms with Gasteiger partial charge in [-0.1, -0.05) is 17.7 Å². The maximum Gasteiger partial charge on any atom is 0.140 e. The van der Waals surface area contributed by atoms with Crippen LogP contribution in [0.3, 0.4) is 0 Å². The molecule has 19 heavy (non-hydrogen) atoms. The molecule has 0 bridgehead atoms. The lowest BCUT2D eigenvalue weighted by molar-refractivity contribution is 0.270. The summed E-state index contributed by atoms with van der Waals surface area (Å²) in [4.78, 5) is 4.39. The third-order valence-electron chi connectivity index (χ3n) is 2.96. The third-order valence-corrected chi connectivity index (χ3v) is 3.19. The molecule has 0 fully saturated rings. The van der Waals surface area contributed by atoms with Crippen LogP contribution in [0.4, 0.5) is 5.69 Å². The fourth-order valence-electron chi connectivity index (χ4n) is 2.16. The summed E-state index contributed by atoms with van der Waals surface area (Å²) >= 11 is 6.02. The van der Waals surface area contributed by atoms with Crippen molar-refractivity contribution in [2.75, 3.05) is 5.73 Å². The van der Waals surface area contributed by atoms with Crippen LogP contribution in [-0.2, 0) is 6.61 Å². The van der Waals surface area contributed by atoms with Gasteiger partial charge in [-0.2, -0.15) is 0 Å². The van der Waals surface area contributed by atoms with Crippen molar-refractivity contribution in [1.82, 2.24) is 9.55 Å². The number of fused-ring (bicyclic) bond motifs is 1. The number of rotatable bonds is 2. The lowest BCUT2D eigenvalue weighted by Gasteiger charge is -2.08. The van der Waals surface area contributed by atoms with Crippen LogP contribution in [0.15, 0.2) is 42.5 Å².